The summed E-state index contributed by atoms with van der Waals surface area (Å²) < 4.78 is 13.3. The van der Waals surface area contributed by atoms with Gasteiger partial charge in [0.1, 0.15) is 5.82 Å². The molecule has 0 fully saturated rings. The molecular formula is C23H23FN2OS. The minimum absolute atomic E-state index is 0.0328. The number of hydrogen-bond donors (Lipinski definition) is 1. The smallest absolute Gasteiger partial charge is 0.234 e. The second-order valence-corrected chi connectivity index (χ2v) is 8.22. The van der Waals surface area contributed by atoms with Gasteiger partial charge in [0.25, 0.3) is 0 Å². The predicted octanol–water partition coefficient (Wildman–Crippen LogP) is 4.71. The van der Waals surface area contributed by atoms with Crippen LogP contribution in [0.5, 0.6) is 0 Å². The Morgan fingerprint density at radius 2 is 1.96 bits per heavy atom. The summed E-state index contributed by atoms with van der Waals surface area (Å²) in [6.45, 7) is 0.321. The Labute approximate surface area is 168 Å². The van der Waals surface area contributed by atoms with E-state index in [1.165, 1.54) is 23.3 Å². The summed E-state index contributed by atoms with van der Waals surface area (Å²) in [5.41, 5.74) is 3.58. The van der Waals surface area contributed by atoms with Gasteiger partial charge in [-0.25, -0.2) is 4.39 Å². The van der Waals surface area contributed by atoms with Crippen molar-refractivity contribution in [1.29, 1.82) is 0 Å². The first kappa shape index (κ1) is 18.8. The molecule has 3 aromatic rings. The van der Waals surface area contributed by atoms with Crippen molar-refractivity contribution < 1.29 is 9.18 Å². The molecule has 3 nitrogen and oxygen atoms in total. The van der Waals surface area contributed by atoms with Gasteiger partial charge in [0, 0.05) is 10.9 Å². The summed E-state index contributed by atoms with van der Waals surface area (Å²) in [7, 11) is 2.00. The molecule has 2 unspecified atom stereocenters. The van der Waals surface area contributed by atoms with Crippen LogP contribution < -0.4 is 5.32 Å². The molecule has 1 N–H and O–H groups in total. The molecule has 5 heteroatoms. The molecule has 1 aliphatic carbocycles. The Hall–Kier alpha value is -2.50. The quantitative estimate of drug-likeness (QED) is 0.657. The van der Waals surface area contributed by atoms with Gasteiger partial charge in [0.15, 0.2) is 0 Å². The number of hydrogen-bond acceptors (Lipinski definition) is 3. The number of thiophene rings is 1. The third-order valence-corrected chi connectivity index (χ3v) is 6.30. The zero-order chi connectivity index (χ0) is 19.5. The second-order valence-electron chi connectivity index (χ2n) is 7.24. The monoisotopic (exact) mass is 394 g/mol. The molecule has 1 heterocycles. The van der Waals surface area contributed by atoms with E-state index in [0.29, 0.717) is 6.54 Å². The fourth-order valence-electron chi connectivity index (χ4n) is 3.97. The largest absolute Gasteiger partial charge is 0.343 e. The van der Waals surface area contributed by atoms with Gasteiger partial charge in [0.2, 0.25) is 5.91 Å². The Kier molecular flexibility index (Phi) is 5.55. The average molecular weight is 395 g/mol. The van der Waals surface area contributed by atoms with Crippen molar-refractivity contribution in [3.63, 3.8) is 0 Å². The summed E-state index contributed by atoms with van der Waals surface area (Å²) in [4.78, 5) is 16.0. The first-order chi connectivity index (χ1) is 13.6. The Morgan fingerprint density at radius 3 is 2.71 bits per heavy atom. The summed E-state index contributed by atoms with van der Waals surface area (Å²) in [5, 5.41) is 5.13. The van der Waals surface area contributed by atoms with Crippen molar-refractivity contribution in [2.75, 3.05) is 13.6 Å². The molecule has 0 saturated heterocycles. The molecule has 1 aliphatic rings. The van der Waals surface area contributed by atoms with Gasteiger partial charge in [-0.15, -0.1) is 11.3 Å². The van der Waals surface area contributed by atoms with Crippen LogP contribution in [0.2, 0.25) is 0 Å². The number of halogens is 1. The molecule has 144 valence electrons. The van der Waals surface area contributed by atoms with E-state index in [4.69, 9.17) is 0 Å². The SMILES string of the molecule is CN(CC(=O)NC(c1ccc(F)cc1)c1cccs1)C1CCc2ccccc21. The minimum Gasteiger partial charge on any atom is -0.343 e. The van der Waals surface area contributed by atoms with Gasteiger partial charge in [-0.2, -0.15) is 0 Å². The van der Waals surface area contributed by atoms with Crippen LogP contribution >= 0.6 is 11.3 Å². The van der Waals surface area contributed by atoms with Crippen LogP contribution in [-0.2, 0) is 11.2 Å². The first-order valence-electron chi connectivity index (χ1n) is 9.48. The normalized spacial score (nSPS) is 16.8. The van der Waals surface area contributed by atoms with Crippen LogP contribution in [-0.4, -0.2) is 24.4 Å². The highest BCUT2D eigenvalue weighted by atomic mass is 32.1. The summed E-state index contributed by atoms with van der Waals surface area (Å²) in [6, 6.07) is 18.8. The Balaban J connectivity index is 1.47. The maximum Gasteiger partial charge on any atom is 0.234 e. The van der Waals surface area contributed by atoms with Crippen LogP contribution in [0.3, 0.4) is 0 Å². The number of fused-ring (bicyclic) bond motifs is 1. The van der Waals surface area contributed by atoms with E-state index >= 15 is 0 Å². The van der Waals surface area contributed by atoms with Gasteiger partial charge < -0.3 is 5.32 Å². The van der Waals surface area contributed by atoms with Gasteiger partial charge in [0.05, 0.1) is 12.6 Å². The number of likely N-dealkylation sites (N-methyl/N-ethyl adjacent to an activating group) is 1. The lowest BCUT2D eigenvalue weighted by atomic mass is 10.0. The number of carbonyl (C=O) groups is 1. The van der Waals surface area contributed by atoms with Gasteiger partial charge in [-0.05, 0) is 60.2 Å². The fraction of sp³-hybridized carbons (Fsp3) is 0.261. The molecule has 0 radical (unpaired) electrons. The number of rotatable bonds is 6. The molecule has 28 heavy (non-hydrogen) atoms. The molecule has 2 atom stereocenters. The molecular weight excluding hydrogens is 371 g/mol. The topological polar surface area (TPSA) is 32.3 Å². The van der Waals surface area contributed by atoms with Crippen molar-refractivity contribution in [3.8, 4) is 0 Å². The molecule has 1 amide bonds. The minimum atomic E-state index is -0.278. The molecule has 1 aromatic heterocycles. The van der Waals surface area contributed by atoms with Crippen molar-refractivity contribution in [3.05, 3.63) is 93.4 Å². The van der Waals surface area contributed by atoms with E-state index in [2.05, 4.69) is 34.5 Å². The van der Waals surface area contributed by atoms with E-state index in [0.717, 1.165) is 23.3 Å². The average Bonchev–Trinajstić information content (AvgIpc) is 3.37. The van der Waals surface area contributed by atoms with E-state index in [-0.39, 0.29) is 23.8 Å². The maximum absolute atomic E-state index is 13.3. The predicted molar refractivity (Wildman–Crippen MR) is 111 cm³/mol. The number of aryl methyl sites for hydroxylation is 1. The van der Waals surface area contributed by atoms with Crippen LogP contribution in [0.1, 0.15) is 40.1 Å². The fourth-order valence-corrected chi connectivity index (χ4v) is 4.77. The highest BCUT2D eigenvalue weighted by molar-refractivity contribution is 7.10. The summed E-state index contributed by atoms with van der Waals surface area (Å²) in [6.07, 6.45) is 2.09. The molecule has 2 aromatic carbocycles. The number of benzene rings is 2. The summed E-state index contributed by atoms with van der Waals surface area (Å²) in [5.74, 6) is -0.311. The van der Waals surface area contributed by atoms with Gasteiger partial charge >= 0.3 is 0 Å². The lowest BCUT2D eigenvalue weighted by Gasteiger charge is -2.26. The van der Waals surface area contributed by atoms with Gasteiger partial charge in [-0.3, -0.25) is 9.69 Å². The third-order valence-electron chi connectivity index (χ3n) is 5.36. The van der Waals surface area contributed by atoms with E-state index in [9.17, 15) is 9.18 Å². The Morgan fingerprint density at radius 1 is 1.18 bits per heavy atom. The highest BCUT2D eigenvalue weighted by Crippen LogP contribution is 2.34. The maximum atomic E-state index is 13.3. The van der Waals surface area contributed by atoms with Crippen LogP contribution in [0.25, 0.3) is 0 Å². The molecule has 0 bridgehead atoms. The van der Waals surface area contributed by atoms with Crippen molar-refractivity contribution >= 4 is 17.2 Å². The van der Waals surface area contributed by atoms with E-state index in [1.54, 1.807) is 23.5 Å². The summed E-state index contributed by atoms with van der Waals surface area (Å²) >= 11 is 1.58. The standard InChI is InChI=1S/C23H23FN2OS/c1-26(20-13-10-16-5-2-3-6-19(16)20)15-22(27)25-23(21-7-4-14-28-21)17-8-11-18(24)12-9-17/h2-9,11-12,14,20,23H,10,13,15H2,1H3,(H,25,27). The number of carbonyl (C=O) groups excluding carboxylic acids is 1. The third kappa shape index (κ3) is 4.01. The van der Waals surface area contributed by atoms with Crippen molar-refractivity contribution in [1.82, 2.24) is 10.2 Å². The zero-order valence-corrected chi connectivity index (χ0v) is 16.6. The van der Waals surface area contributed by atoms with Crippen LogP contribution in [0.15, 0.2) is 66.0 Å². The number of nitrogens with one attached hydrogen (secondary N) is 1. The van der Waals surface area contributed by atoms with Crippen LogP contribution in [0.4, 0.5) is 4.39 Å². The number of nitrogens with zero attached hydrogens (tertiary/aromatic N) is 1. The lowest BCUT2D eigenvalue weighted by molar-refractivity contribution is -0.123. The Bertz CT molecular complexity index is 940. The highest BCUT2D eigenvalue weighted by Gasteiger charge is 2.27. The molecule has 0 saturated carbocycles. The zero-order valence-electron chi connectivity index (χ0n) is 15.8. The molecule has 0 aliphatic heterocycles. The lowest BCUT2D eigenvalue weighted by Crippen LogP contribution is -2.38. The first-order valence-corrected chi connectivity index (χ1v) is 10.4. The van der Waals surface area contributed by atoms with E-state index in [1.807, 2.05) is 24.6 Å². The van der Waals surface area contributed by atoms with Crippen LogP contribution in [0, 0.1) is 5.82 Å². The van der Waals surface area contributed by atoms with Crippen molar-refractivity contribution in [2.24, 2.45) is 0 Å². The molecule has 4 rings (SSSR count). The second kappa shape index (κ2) is 8.25. The van der Waals surface area contributed by atoms with Crippen molar-refractivity contribution in [2.45, 2.75) is 24.9 Å². The number of amides is 1. The molecule has 0 spiro atoms. The van der Waals surface area contributed by atoms with Gasteiger partial charge in [-0.1, -0.05) is 42.5 Å². The van der Waals surface area contributed by atoms with E-state index < -0.39 is 0 Å².